The number of nitrogens with zero attached hydrogens (tertiary/aromatic N) is 3. The zero-order valence-corrected chi connectivity index (χ0v) is 14.2. The normalized spacial score (nSPS) is 21.1. The highest BCUT2D eigenvalue weighted by Gasteiger charge is 2.25. The Bertz CT molecular complexity index is 458. The second-order valence-electron chi connectivity index (χ2n) is 6.77. The number of aryl methyl sites for hydroxylation is 2. The largest absolute Gasteiger partial charge is 0.309 e. The standard InChI is InChI=1S/C17H30N4/c1-12(2)11-21-8-6-7-16(21)9-18-13(3)17-10-19-15(5)20-14(17)4/h10,12-13,16,18H,6-9,11H2,1-5H3/t13-,16-/m0/s1. The molecule has 2 rings (SSSR count). The summed E-state index contributed by atoms with van der Waals surface area (Å²) in [4.78, 5) is 11.4. The van der Waals surface area contributed by atoms with Gasteiger partial charge in [0.05, 0.1) is 0 Å². The molecule has 2 heterocycles. The van der Waals surface area contributed by atoms with E-state index in [9.17, 15) is 0 Å². The van der Waals surface area contributed by atoms with Gasteiger partial charge >= 0.3 is 0 Å². The van der Waals surface area contributed by atoms with Crippen molar-refractivity contribution in [3.8, 4) is 0 Å². The lowest BCUT2D eigenvalue weighted by atomic mass is 10.1. The van der Waals surface area contributed by atoms with Crippen LogP contribution >= 0.6 is 0 Å². The highest BCUT2D eigenvalue weighted by Crippen LogP contribution is 2.20. The van der Waals surface area contributed by atoms with Gasteiger partial charge in [-0.1, -0.05) is 13.8 Å². The van der Waals surface area contributed by atoms with E-state index >= 15 is 0 Å². The minimum atomic E-state index is 0.312. The molecule has 1 N–H and O–H groups in total. The van der Waals surface area contributed by atoms with E-state index in [2.05, 4.69) is 47.9 Å². The van der Waals surface area contributed by atoms with Crippen LogP contribution in [0, 0.1) is 19.8 Å². The summed E-state index contributed by atoms with van der Waals surface area (Å²) in [6, 6.07) is 0.994. The van der Waals surface area contributed by atoms with E-state index in [1.807, 2.05) is 13.1 Å². The third kappa shape index (κ3) is 4.48. The fourth-order valence-corrected chi connectivity index (χ4v) is 3.28. The predicted octanol–water partition coefficient (Wildman–Crippen LogP) is 2.86. The second kappa shape index (κ2) is 7.32. The van der Waals surface area contributed by atoms with E-state index in [0.717, 1.165) is 24.0 Å². The van der Waals surface area contributed by atoms with Gasteiger partial charge in [-0.25, -0.2) is 9.97 Å². The lowest BCUT2D eigenvalue weighted by molar-refractivity contribution is 0.218. The molecule has 1 aliphatic rings. The molecular weight excluding hydrogens is 260 g/mol. The molecule has 0 amide bonds. The van der Waals surface area contributed by atoms with Crippen LogP contribution in [0.4, 0.5) is 0 Å². The minimum absolute atomic E-state index is 0.312. The summed E-state index contributed by atoms with van der Waals surface area (Å²) < 4.78 is 0. The number of hydrogen-bond donors (Lipinski definition) is 1. The molecule has 2 atom stereocenters. The van der Waals surface area contributed by atoms with Crippen LogP contribution in [0.1, 0.15) is 56.7 Å². The predicted molar refractivity (Wildman–Crippen MR) is 87.4 cm³/mol. The van der Waals surface area contributed by atoms with Crippen LogP contribution in [-0.4, -0.2) is 40.5 Å². The van der Waals surface area contributed by atoms with Gasteiger partial charge in [-0.3, -0.25) is 4.90 Å². The first-order valence-electron chi connectivity index (χ1n) is 8.25. The highest BCUT2D eigenvalue weighted by atomic mass is 15.2. The van der Waals surface area contributed by atoms with Crippen molar-refractivity contribution in [2.45, 2.75) is 59.5 Å². The molecule has 0 saturated carbocycles. The third-order valence-electron chi connectivity index (χ3n) is 4.36. The van der Waals surface area contributed by atoms with Crippen molar-refractivity contribution >= 4 is 0 Å². The molecule has 1 fully saturated rings. The number of nitrogens with one attached hydrogen (secondary N) is 1. The van der Waals surface area contributed by atoms with Crippen molar-refractivity contribution in [1.82, 2.24) is 20.2 Å². The Labute approximate surface area is 129 Å². The van der Waals surface area contributed by atoms with Gasteiger partial charge in [0.2, 0.25) is 0 Å². The molecule has 0 aromatic carbocycles. The number of hydrogen-bond acceptors (Lipinski definition) is 4. The lowest BCUT2D eigenvalue weighted by Crippen LogP contribution is -2.40. The molecular formula is C17H30N4. The maximum absolute atomic E-state index is 4.47. The van der Waals surface area contributed by atoms with Gasteiger partial charge in [-0.2, -0.15) is 0 Å². The van der Waals surface area contributed by atoms with Crippen molar-refractivity contribution in [3.05, 3.63) is 23.3 Å². The molecule has 0 spiro atoms. The fourth-order valence-electron chi connectivity index (χ4n) is 3.28. The van der Waals surface area contributed by atoms with Gasteiger partial charge in [0, 0.05) is 42.6 Å². The van der Waals surface area contributed by atoms with E-state index in [1.165, 1.54) is 31.5 Å². The van der Waals surface area contributed by atoms with E-state index < -0.39 is 0 Å². The van der Waals surface area contributed by atoms with Crippen LogP contribution in [0.5, 0.6) is 0 Å². The van der Waals surface area contributed by atoms with Crippen LogP contribution < -0.4 is 5.32 Å². The summed E-state index contributed by atoms with van der Waals surface area (Å²) in [6.07, 6.45) is 4.62. The van der Waals surface area contributed by atoms with Crippen molar-refractivity contribution in [3.63, 3.8) is 0 Å². The first-order chi connectivity index (χ1) is 9.97. The summed E-state index contributed by atoms with van der Waals surface area (Å²) >= 11 is 0. The SMILES string of the molecule is Cc1ncc([C@H](C)NC[C@@H]2CCCN2CC(C)C)c(C)n1. The maximum Gasteiger partial charge on any atom is 0.125 e. The highest BCUT2D eigenvalue weighted by molar-refractivity contribution is 5.19. The fraction of sp³-hybridized carbons (Fsp3) is 0.765. The zero-order chi connectivity index (χ0) is 15.4. The van der Waals surface area contributed by atoms with E-state index in [0.29, 0.717) is 12.1 Å². The quantitative estimate of drug-likeness (QED) is 0.874. The van der Waals surface area contributed by atoms with Gasteiger partial charge in [-0.15, -0.1) is 0 Å². The molecule has 0 radical (unpaired) electrons. The van der Waals surface area contributed by atoms with Gasteiger partial charge in [0.1, 0.15) is 5.82 Å². The van der Waals surface area contributed by atoms with E-state index in [4.69, 9.17) is 0 Å². The molecule has 0 unspecified atom stereocenters. The van der Waals surface area contributed by atoms with Crippen molar-refractivity contribution in [1.29, 1.82) is 0 Å². The average Bonchev–Trinajstić information content (AvgIpc) is 2.82. The monoisotopic (exact) mass is 290 g/mol. The van der Waals surface area contributed by atoms with Gasteiger partial charge < -0.3 is 5.32 Å². The second-order valence-corrected chi connectivity index (χ2v) is 6.77. The van der Waals surface area contributed by atoms with Crippen LogP contribution in [0.3, 0.4) is 0 Å². The number of rotatable bonds is 6. The van der Waals surface area contributed by atoms with Gasteiger partial charge in [0.25, 0.3) is 0 Å². The number of aromatic nitrogens is 2. The van der Waals surface area contributed by atoms with Gasteiger partial charge in [-0.05, 0) is 46.1 Å². The summed E-state index contributed by atoms with van der Waals surface area (Å²) in [5, 5.41) is 3.68. The molecule has 118 valence electrons. The Hall–Kier alpha value is -1.00. The van der Waals surface area contributed by atoms with Crippen LogP contribution in [0.25, 0.3) is 0 Å². The van der Waals surface area contributed by atoms with E-state index in [1.54, 1.807) is 0 Å². The molecule has 1 aromatic rings. The Morgan fingerprint density at radius 3 is 2.76 bits per heavy atom. The molecule has 1 aromatic heterocycles. The maximum atomic E-state index is 4.47. The lowest BCUT2D eigenvalue weighted by Gasteiger charge is -2.28. The van der Waals surface area contributed by atoms with Gasteiger partial charge in [0.15, 0.2) is 0 Å². The average molecular weight is 290 g/mol. The first kappa shape index (κ1) is 16.4. The molecule has 0 aliphatic carbocycles. The summed E-state index contributed by atoms with van der Waals surface area (Å²) in [5.41, 5.74) is 2.31. The molecule has 4 nitrogen and oxygen atoms in total. The first-order valence-corrected chi connectivity index (χ1v) is 8.25. The van der Waals surface area contributed by atoms with Crippen LogP contribution in [0.15, 0.2) is 6.20 Å². The Morgan fingerprint density at radius 1 is 1.33 bits per heavy atom. The smallest absolute Gasteiger partial charge is 0.125 e. The summed E-state index contributed by atoms with van der Waals surface area (Å²) in [6.45, 7) is 14.4. The van der Waals surface area contributed by atoms with Crippen LogP contribution in [-0.2, 0) is 0 Å². The van der Waals surface area contributed by atoms with Crippen molar-refractivity contribution < 1.29 is 0 Å². The molecule has 21 heavy (non-hydrogen) atoms. The molecule has 1 saturated heterocycles. The number of likely N-dealkylation sites (tertiary alicyclic amines) is 1. The Balaban J connectivity index is 1.89. The Kier molecular flexibility index (Phi) is 5.71. The molecule has 4 heteroatoms. The summed E-state index contributed by atoms with van der Waals surface area (Å²) in [5.74, 6) is 1.60. The van der Waals surface area contributed by atoms with Crippen molar-refractivity contribution in [2.24, 2.45) is 5.92 Å². The third-order valence-corrected chi connectivity index (χ3v) is 4.36. The minimum Gasteiger partial charge on any atom is -0.309 e. The van der Waals surface area contributed by atoms with Crippen LogP contribution in [0.2, 0.25) is 0 Å². The molecule has 1 aliphatic heterocycles. The van der Waals surface area contributed by atoms with E-state index in [-0.39, 0.29) is 0 Å². The summed E-state index contributed by atoms with van der Waals surface area (Å²) in [7, 11) is 0. The van der Waals surface area contributed by atoms with Crippen molar-refractivity contribution in [2.75, 3.05) is 19.6 Å². The zero-order valence-electron chi connectivity index (χ0n) is 14.2. The molecule has 0 bridgehead atoms. The topological polar surface area (TPSA) is 41.1 Å². The Morgan fingerprint density at radius 2 is 2.10 bits per heavy atom.